The molecule has 0 bridgehead atoms. The number of benzene rings is 1. The van der Waals surface area contributed by atoms with Gasteiger partial charge in [-0.2, -0.15) is 0 Å². The number of carbonyl (C=O) groups excluding carboxylic acids is 2. The second-order valence-electron chi connectivity index (χ2n) is 8.11. The Balaban J connectivity index is 0.00000900. The minimum absolute atomic E-state index is 0. The first-order valence-corrected chi connectivity index (χ1v) is 11.7. The van der Waals surface area contributed by atoms with Gasteiger partial charge in [-0.1, -0.05) is 82.9 Å². The third-order valence-electron chi connectivity index (χ3n) is 5.42. The van der Waals surface area contributed by atoms with E-state index in [4.69, 9.17) is 4.74 Å². The Labute approximate surface area is 200 Å². The van der Waals surface area contributed by atoms with Crippen molar-refractivity contribution in [1.29, 1.82) is 0 Å². The Morgan fingerprint density at radius 2 is 1.42 bits per heavy atom. The minimum atomic E-state index is -0.962. The van der Waals surface area contributed by atoms with Gasteiger partial charge < -0.3 is 19.7 Å². The van der Waals surface area contributed by atoms with Crippen molar-refractivity contribution in [1.82, 2.24) is 0 Å². The van der Waals surface area contributed by atoms with E-state index in [1.54, 1.807) is 12.1 Å². The van der Waals surface area contributed by atoms with E-state index in [1.807, 2.05) is 18.2 Å². The van der Waals surface area contributed by atoms with Gasteiger partial charge in [0.25, 0.3) is 0 Å². The van der Waals surface area contributed by atoms with Crippen LogP contribution in [0.5, 0.6) is 0 Å². The fraction of sp³-hybridized carbons (Fsp3) is 0.680. The maximum absolute atomic E-state index is 12.4. The van der Waals surface area contributed by atoms with Crippen LogP contribution in [0.2, 0.25) is 0 Å². The first-order valence-electron chi connectivity index (χ1n) is 11.7. The van der Waals surface area contributed by atoms with Crippen LogP contribution in [0.1, 0.15) is 107 Å². The van der Waals surface area contributed by atoms with Gasteiger partial charge in [0, 0.05) is 5.97 Å². The van der Waals surface area contributed by atoms with Gasteiger partial charge in [0.2, 0.25) is 0 Å². The number of carboxylic acid groups (broad SMARTS) is 1. The van der Waals surface area contributed by atoms with Crippen LogP contribution in [0.15, 0.2) is 30.3 Å². The molecule has 0 aliphatic heterocycles. The number of aliphatic carboxylic acids is 1. The molecule has 0 aliphatic carbocycles. The molecule has 0 aromatic heterocycles. The molecule has 0 saturated heterocycles. The topological polar surface area (TPSA) is 86.7 Å². The predicted octanol–water partition coefficient (Wildman–Crippen LogP) is 1.81. The van der Waals surface area contributed by atoms with Crippen molar-refractivity contribution >= 4 is 11.9 Å². The number of carbonyl (C=O) groups is 2. The number of rotatable bonds is 18. The van der Waals surface area contributed by atoms with Gasteiger partial charge in [0.1, 0.15) is 6.10 Å². The summed E-state index contributed by atoms with van der Waals surface area (Å²) in [6.45, 7) is 2.13. The first kappa shape index (κ1) is 29.7. The number of carboxylic acids is 1. The molecule has 1 N–H and O–H groups in total. The number of unbranched alkanes of at least 4 members (excludes halogenated alkanes) is 9. The van der Waals surface area contributed by atoms with E-state index in [0.717, 1.165) is 64.2 Å². The fourth-order valence-corrected chi connectivity index (χ4v) is 3.57. The second-order valence-corrected chi connectivity index (χ2v) is 8.11. The molecular weight excluding hydrogens is 387 g/mol. The Kier molecular flexibility index (Phi) is 18.6. The van der Waals surface area contributed by atoms with Crippen molar-refractivity contribution in [2.75, 3.05) is 0 Å². The maximum atomic E-state index is 12.4. The van der Waals surface area contributed by atoms with Crippen LogP contribution >= 0.6 is 0 Å². The molecule has 31 heavy (non-hydrogen) atoms. The normalized spacial score (nSPS) is 12.6. The number of ether oxygens (including phenoxy) is 1. The van der Waals surface area contributed by atoms with Gasteiger partial charge in [-0.05, 0) is 44.2 Å². The van der Waals surface area contributed by atoms with Gasteiger partial charge in [-0.25, -0.2) is 4.79 Å². The molecular formula is C25H39LiO5. The van der Waals surface area contributed by atoms with Gasteiger partial charge in [0.05, 0.1) is 11.7 Å². The van der Waals surface area contributed by atoms with Crippen LogP contribution < -0.4 is 24.0 Å². The summed E-state index contributed by atoms with van der Waals surface area (Å²) >= 11 is 0. The predicted molar refractivity (Wildman–Crippen MR) is 117 cm³/mol. The van der Waals surface area contributed by atoms with Crippen LogP contribution in [-0.4, -0.2) is 29.3 Å². The molecule has 170 valence electrons. The van der Waals surface area contributed by atoms with Gasteiger partial charge in [-0.3, -0.25) is 0 Å². The van der Waals surface area contributed by atoms with Crippen LogP contribution in [0.3, 0.4) is 0 Å². The number of aliphatic hydroxyl groups is 1. The molecule has 0 amide bonds. The van der Waals surface area contributed by atoms with Crippen LogP contribution in [0.25, 0.3) is 0 Å². The minimum Gasteiger partial charge on any atom is -0.550 e. The van der Waals surface area contributed by atoms with Crippen molar-refractivity contribution in [2.45, 2.75) is 109 Å². The zero-order valence-corrected chi connectivity index (χ0v) is 19.5. The molecule has 0 heterocycles. The summed E-state index contributed by atoms with van der Waals surface area (Å²) in [7, 11) is 0. The fourth-order valence-electron chi connectivity index (χ4n) is 3.57. The molecule has 0 spiro atoms. The van der Waals surface area contributed by atoms with Crippen molar-refractivity contribution in [3.05, 3.63) is 35.9 Å². The largest absolute Gasteiger partial charge is 1.00 e. The van der Waals surface area contributed by atoms with Crippen LogP contribution in [0.4, 0.5) is 0 Å². The van der Waals surface area contributed by atoms with Gasteiger partial charge >= 0.3 is 24.8 Å². The zero-order chi connectivity index (χ0) is 22.0. The smallest absolute Gasteiger partial charge is 0.550 e. The van der Waals surface area contributed by atoms with E-state index in [2.05, 4.69) is 6.92 Å². The van der Waals surface area contributed by atoms with Crippen molar-refractivity contribution < 1.29 is 43.4 Å². The number of esters is 1. The zero-order valence-electron chi connectivity index (χ0n) is 19.5. The standard InChI is InChI=1S/C25H40O5.Li/c1-2-3-11-19-23(30-25(29)21-16-12-10-13-17-21)22(26)18-14-8-6-4-5-7-9-15-20-24(27)28;/h10,12-13,16-17,22-23,26H,2-9,11,14-15,18-20H2,1H3,(H,27,28);/q;+1/p-1. The average molecular weight is 427 g/mol. The van der Waals surface area contributed by atoms with Gasteiger partial charge in [0.15, 0.2) is 0 Å². The van der Waals surface area contributed by atoms with E-state index in [1.165, 1.54) is 0 Å². The van der Waals surface area contributed by atoms with Gasteiger partial charge in [-0.15, -0.1) is 0 Å². The van der Waals surface area contributed by atoms with E-state index in [-0.39, 0.29) is 31.3 Å². The molecule has 0 fully saturated rings. The van der Waals surface area contributed by atoms with Crippen molar-refractivity contribution in [3.63, 3.8) is 0 Å². The molecule has 2 atom stereocenters. The third kappa shape index (κ3) is 15.2. The molecule has 6 heteroatoms. The van der Waals surface area contributed by atoms with Crippen molar-refractivity contribution in [2.24, 2.45) is 0 Å². The van der Waals surface area contributed by atoms with Crippen molar-refractivity contribution in [3.8, 4) is 0 Å². The molecule has 1 aromatic carbocycles. The maximum Gasteiger partial charge on any atom is 1.00 e. The Morgan fingerprint density at radius 3 is 2.00 bits per heavy atom. The molecule has 2 unspecified atom stereocenters. The van der Waals surface area contributed by atoms with E-state index in [9.17, 15) is 19.8 Å². The summed E-state index contributed by atoms with van der Waals surface area (Å²) in [4.78, 5) is 22.7. The molecule has 0 aliphatic rings. The third-order valence-corrected chi connectivity index (χ3v) is 5.42. The summed E-state index contributed by atoms with van der Waals surface area (Å²) in [5.74, 6) is -1.33. The Bertz CT molecular complexity index is 579. The Morgan fingerprint density at radius 1 is 0.871 bits per heavy atom. The SMILES string of the molecule is CCCCCC(OC(=O)c1ccccc1)C(O)CCCCCCCCCCC(=O)[O-].[Li+]. The molecule has 0 radical (unpaired) electrons. The second kappa shape index (κ2) is 19.4. The number of hydrogen-bond acceptors (Lipinski definition) is 5. The molecule has 0 saturated carbocycles. The van der Waals surface area contributed by atoms with E-state index in [0.29, 0.717) is 24.8 Å². The van der Waals surface area contributed by atoms with Crippen LogP contribution in [-0.2, 0) is 9.53 Å². The monoisotopic (exact) mass is 426 g/mol. The number of hydrogen-bond donors (Lipinski definition) is 1. The molecule has 1 rings (SSSR count). The van der Waals surface area contributed by atoms with Crippen LogP contribution in [0, 0.1) is 0 Å². The summed E-state index contributed by atoms with van der Waals surface area (Å²) in [6.07, 6.45) is 11.5. The summed E-state index contributed by atoms with van der Waals surface area (Å²) < 4.78 is 5.66. The Hall–Kier alpha value is -1.28. The first-order chi connectivity index (χ1) is 14.5. The summed E-state index contributed by atoms with van der Waals surface area (Å²) in [5.41, 5.74) is 0.518. The average Bonchev–Trinajstić information content (AvgIpc) is 2.74. The summed E-state index contributed by atoms with van der Waals surface area (Å²) in [6, 6.07) is 8.94. The molecule has 1 aromatic rings. The molecule has 5 nitrogen and oxygen atoms in total. The quantitative estimate of drug-likeness (QED) is 0.220. The number of aliphatic hydroxyl groups excluding tert-OH is 1. The van der Waals surface area contributed by atoms with E-state index < -0.39 is 18.2 Å². The summed E-state index contributed by atoms with van der Waals surface area (Å²) in [5, 5.41) is 21.0. The van der Waals surface area contributed by atoms with E-state index >= 15 is 0 Å².